The normalized spacial score (nSPS) is 19.3. The van der Waals surface area contributed by atoms with Crippen molar-refractivity contribution in [1.82, 2.24) is 15.5 Å². The first-order chi connectivity index (χ1) is 9.65. The third kappa shape index (κ3) is 4.77. The smallest absolute Gasteiger partial charge is 0.315 e. The van der Waals surface area contributed by atoms with Crippen LogP contribution >= 0.6 is 11.3 Å². The van der Waals surface area contributed by atoms with Crippen LogP contribution in [0.3, 0.4) is 0 Å². The third-order valence-corrected chi connectivity index (χ3v) is 4.39. The predicted molar refractivity (Wildman–Crippen MR) is 81.1 cm³/mol. The summed E-state index contributed by atoms with van der Waals surface area (Å²) < 4.78 is 5.32. The zero-order chi connectivity index (χ0) is 14.4. The van der Waals surface area contributed by atoms with Crippen LogP contribution in [0.2, 0.25) is 0 Å². The Labute approximate surface area is 124 Å². The van der Waals surface area contributed by atoms with Crippen LogP contribution in [0, 0.1) is 0 Å². The van der Waals surface area contributed by atoms with Gasteiger partial charge >= 0.3 is 6.03 Å². The summed E-state index contributed by atoms with van der Waals surface area (Å²) in [4.78, 5) is 15.4. The number of carbonyl (C=O) groups excluding carboxylic acids is 1. The first-order valence-corrected chi connectivity index (χ1v) is 7.93. The van der Waals surface area contributed by atoms with E-state index in [0.717, 1.165) is 32.8 Å². The highest BCUT2D eigenvalue weighted by molar-refractivity contribution is 7.10. The monoisotopic (exact) mass is 297 g/mol. The molecule has 2 rings (SSSR count). The highest BCUT2D eigenvalue weighted by atomic mass is 32.1. The Kier molecular flexibility index (Phi) is 5.82. The lowest BCUT2D eigenvalue weighted by molar-refractivity contribution is 0.0349. The van der Waals surface area contributed by atoms with E-state index in [2.05, 4.69) is 15.5 Å². The molecule has 0 unspecified atom stereocenters. The zero-order valence-corrected chi connectivity index (χ0v) is 12.9. The molecule has 2 atom stereocenters. The van der Waals surface area contributed by atoms with Gasteiger partial charge in [-0.05, 0) is 25.3 Å². The maximum atomic E-state index is 11.9. The predicted octanol–water partition coefficient (Wildman–Crippen LogP) is 1.83. The fourth-order valence-corrected chi connectivity index (χ4v) is 3.02. The number of urea groups is 1. The molecule has 1 aromatic rings. The quantitative estimate of drug-likeness (QED) is 0.872. The molecule has 1 saturated heterocycles. The molecule has 1 aromatic heterocycles. The van der Waals surface area contributed by atoms with E-state index in [9.17, 15) is 4.79 Å². The zero-order valence-electron chi connectivity index (χ0n) is 12.1. The van der Waals surface area contributed by atoms with Crippen LogP contribution in [0.1, 0.15) is 24.8 Å². The Morgan fingerprint density at radius 3 is 2.80 bits per heavy atom. The number of morpholine rings is 1. The minimum atomic E-state index is -0.105. The van der Waals surface area contributed by atoms with Gasteiger partial charge in [0.05, 0.1) is 19.3 Å². The molecule has 0 bridgehead atoms. The maximum Gasteiger partial charge on any atom is 0.315 e. The molecular weight excluding hydrogens is 274 g/mol. The van der Waals surface area contributed by atoms with E-state index in [1.165, 1.54) is 4.88 Å². The van der Waals surface area contributed by atoms with Crippen molar-refractivity contribution in [1.29, 1.82) is 0 Å². The van der Waals surface area contributed by atoms with Gasteiger partial charge in [0.25, 0.3) is 0 Å². The number of amides is 2. The summed E-state index contributed by atoms with van der Waals surface area (Å²) in [6, 6.07) is 4.10. The number of hydrogen-bond donors (Lipinski definition) is 2. The number of carbonyl (C=O) groups is 1. The van der Waals surface area contributed by atoms with Crippen molar-refractivity contribution >= 4 is 17.4 Å². The SMILES string of the molecule is C[C@H](CN1CCOCC1)NC(=O)N[C@@H](C)c1cccs1. The summed E-state index contributed by atoms with van der Waals surface area (Å²) in [6.07, 6.45) is 0. The highest BCUT2D eigenvalue weighted by Crippen LogP contribution is 2.17. The first kappa shape index (κ1) is 15.3. The fourth-order valence-electron chi connectivity index (χ4n) is 2.29. The summed E-state index contributed by atoms with van der Waals surface area (Å²) in [5.41, 5.74) is 0. The molecule has 2 amide bonds. The van der Waals surface area contributed by atoms with Crippen LogP contribution in [-0.4, -0.2) is 49.8 Å². The van der Waals surface area contributed by atoms with Crippen LogP contribution < -0.4 is 10.6 Å². The molecular formula is C14H23N3O2S. The molecule has 1 fully saturated rings. The lowest BCUT2D eigenvalue weighted by Gasteiger charge is -2.29. The molecule has 112 valence electrons. The van der Waals surface area contributed by atoms with Gasteiger partial charge in [0.2, 0.25) is 0 Å². The van der Waals surface area contributed by atoms with Crippen molar-refractivity contribution in [3.8, 4) is 0 Å². The third-order valence-electron chi connectivity index (χ3n) is 3.33. The molecule has 2 heterocycles. The second-order valence-electron chi connectivity index (χ2n) is 5.17. The van der Waals surface area contributed by atoms with Gasteiger partial charge in [0.1, 0.15) is 0 Å². The number of ether oxygens (including phenoxy) is 1. The van der Waals surface area contributed by atoms with Crippen LogP contribution in [-0.2, 0) is 4.74 Å². The Morgan fingerprint density at radius 1 is 1.40 bits per heavy atom. The van der Waals surface area contributed by atoms with E-state index in [0.29, 0.717) is 0 Å². The Bertz CT molecular complexity index is 405. The minimum absolute atomic E-state index is 0.0468. The van der Waals surface area contributed by atoms with E-state index in [1.54, 1.807) is 11.3 Å². The van der Waals surface area contributed by atoms with Crippen molar-refractivity contribution < 1.29 is 9.53 Å². The standard InChI is InChI=1S/C14H23N3O2S/c1-11(10-17-5-7-19-8-6-17)15-14(18)16-12(2)13-4-3-9-20-13/h3-4,9,11-12H,5-8,10H2,1-2H3,(H2,15,16,18)/t11-,12+/m1/s1. The van der Waals surface area contributed by atoms with Crippen LogP contribution in [0.25, 0.3) is 0 Å². The molecule has 0 radical (unpaired) electrons. The van der Waals surface area contributed by atoms with Crippen LogP contribution in [0.4, 0.5) is 4.79 Å². The Balaban J connectivity index is 1.70. The second kappa shape index (κ2) is 7.61. The number of thiophene rings is 1. The van der Waals surface area contributed by atoms with Gasteiger partial charge in [0, 0.05) is 30.6 Å². The molecule has 20 heavy (non-hydrogen) atoms. The number of nitrogens with zero attached hydrogens (tertiary/aromatic N) is 1. The summed E-state index contributed by atoms with van der Waals surface area (Å²) in [5.74, 6) is 0. The summed E-state index contributed by atoms with van der Waals surface area (Å²) >= 11 is 1.66. The van der Waals surface area contributed by atoms with E-state index in [4.69, 9.17) is 4.74 Å². The van der Waals surface area contributed by atoms with E-state index < -0.39 is 0 Å². The lowest BCUT2D eigenvalue weighted by atomic mass is 10.2. The van der Waals surface area contributed by atoms with Crippen molar-refractivity contribution in [3.05, 3.63) is 22.4 Å². The largest absolute Gasteiger partial charge is 0.379 e. The molecule has 2 N–H and O–H groups in total. The van der Waals surface area contributed by atoms with Gasteiger partial charge < -0.3 is 15.4 Å². The molecule has 6 heteroatoms. The maximum absolute atomic E-state index is 11.9. The molecule has 1 aliphatic rings. The summed E-state index contributed by atoms with van der Waals surface area (Å²) in [7, 11) is 0. The van der Waals surface area contributed by atoms with Gasteiger partial charge in [-0.25, -0.2) is 4.79 Å². The average molecular weight is 297 g/mol. The molecule has 1 aliphatic heterocycles. The number of rotatable bonds is 5. The molecule has 0 spiro atoms. The second-order valence-corrected chi connectivity index (χ2v) is 6.15. The van der Waals surface area contributed by atoms with Gasteiger partial charge in [-0.15, -0.1) is 11.3 Å². The number of hydrogen-bond acceptors (Lipinski definition) is 4. The number of nitrogens with one attached hydrogen (secondary N) is 2. The van der Waals surface area contributed by atoms with E-state index in [1.807, 2.05) is 31.4 Å². The minimum Gasteiger partial charge on any atom is -0.379 e. The van der Waals surface area contributed by atoms with E-state index in [-0.39, 0.29) is 18.1 Å². The average Bonchev–Trinajstić information content (AvgIpc) is 2.93. The van der Waals surface area contributed by atoms with Gasteiger partial charge in [-0.2, -0.15) is 0 Å². The van der Waals surface area contributed by atoms with Crippen molar-refractivity contribution in [2.24, 2.45) is 0 Å². The molecule has 0 aliphatic carbocycles. The lowest BCUT2D eigenvalue weighted by Crippen LogP contribution is -2.48. The van der Waals surface area contributed by atoms with Crippen molar-refractivity contribution in [2.45, 2.75) is 25.9 Å². The van der Waals surface area contributed by atoms with Gasteiger partial charge in [0.15, 0.2) is 0 Å². The Morgan fingerprint density at radius 2 is 2.15 bits per heavy atom. The Hall–Kier alpha value is -1.11. The summed E-state index contributed by atoms with van der Waals surface area (Å²) in [6.45, 7) is 8.36. The van der Waals surface area contributed by atoms with Crippen molar-refractivity contribution in [3.63, 3.8) is 0 Å². The van der Waals surface area contributed by atoms with Crippen LogP contribution in [0.5, 0.6) is 0 Å². The first-order valence-electron chi connectivity index (χ1n) is 7.05. The molecule has 0 aromatic carbocycles. The van der Waals surface area contributed by atoms with Gasteiger partial charge in [-0.1, -0.05) is 6.07 Å². The van der Waals surface area contributed by atoms with E-state index >= 15 is 0 Å². The topological polar surface area (TPSA) is 53.6 Å². The van der Waals surface area contributed by atoms with Crippen molar-refractivity contribution in [2.75, 3.05) is 32.8 Å². The fraction of sp³-hybridized carbons (Fsp3) is 0.643. The summed E-state index contributed by atoms with van der Waals surface area (Å²) in [5, 5.41) is 7.98. The highest BCUT2D eigenvalue weighted by Gasteiger charge is 2.16. The van der Waals surface area contributed by atoms with Gasteiger partial charge in [-0.3, -0.25) is 4.90 Å². The van der Waals surface area contributed by atoms with Crippen LogP contribution in [0.15, 0.2) is 17.5 Å². The molecule has 0 saturated carbocycles. The molecule has 5 nitrogen and oxygen atoms in total.